The van der Waals surface area contributed by atoms with Crippen molar-refractivity contribution in [1.29, 1.82) is 0 Å². The molecule has 0 amide bonds. The fraction of sp³-hybridized carbons (Fsp3) is 0.250. The number of benzene rings is 2. The molecule has 0 radical (unpaired) electrons. The summed E-state index contributed by atoms with van der Waals surface area (Å²) in [5.74, 6) is -1.65. The smallest absolute Gasteiger partial charge is 0.290 e. The van der Waals surface area contributed by atoms with Crippen LogP contribution in [0, 0.1) is 0 Å². The molecular weight excluding hydrogens is 393 g/mol. The highest BCUT2D eigenvalue weighted by Crippen LogP contribution is 2.20. The van der Waals surface area contributed by atoms with Crippen LogP contribution in [-0.2, 0) is 16.5 Å². The lowest BCUT2D eigenvalue weighted by molar-refractivity contribution is -0.171. The van der Waals surface area contributed by atoms with Crippen LogP contribution in [0.5, 0.6) is 0 Å². The molecule has 0 fully saturated rings. The van der Waals surface area contributed by atoms with Gasteiger partial charge in [0.1, 0.15) is 0 Å². The Morgan fingerprint density at radius 2 is 1.36 bits per heavy atom. The monoisotopic (exact) mass is 410 g/mol. The van der Waals surface area contributed by atoms with Crippen molar-refractivity contribution in [3.63, 3.8) is 0 Å². The first-order valence-corrected chi connectivity index (χ1v) is 9.02. The number of alkyl halides is 4. The van der Waals surface area contributed by atoms with Gasteiger partial charge in [0, 0.05) is 11.8 Å². The summed E-state index contributed by atoms with van der Waals surface area (Å²) in [6, 6.07) is 15.8. The Morgan fingerprint density at radius 3 is 1.80 bits per heavy atom. The normalized spacial score (nSPS) is 11.8. The number of rotatable bonds is 7. The Balaban J connectivity index is 1.86. The van der Waals surface area contributed by atoms with Gasteiger partial charge in [0.05, 0.1) is 0 Å². The van der Waals surface area contributed by atoms with E-state index in [9.17, 15) is 18.0 Å². The third-order valence-electron chi connectivity index (χ3n) is 3.77. The van der Waals surface area contributed by atoms with Gasteiger partial charge in [0.2, 0.25) is 5.78 Å². The van der Waals surface area contributed by atoms with Crippen LogP contribution in [0.15, 0.2) is 48.5 Å². The standard InChI is InChI=1S/C20H18BrF3O/c21-14-18-12-10-17(11-13-18)9-8-16-6-4-15(5-7-16)2-1-3-19(25)20(22,23)24/h4-13H,1-3,14H2. The highest BCUT2D eigenvalue weighted by Gasteiger charge is 2.37. The predicted molar refractivity (Wildman–Crippen MR) is 98.4 cm³/mol. The molecule has 2 rings (SSSR count). The van der Waals surface area contributed by atoms with E-state index in [1.807, 2.05) is 48.6 Å². The zero-order valence-electron chi connectivity index (χ0n) is 13.5. The average molecular weight is 411 g/mol. The number of halogens is 4. The van der Waals surface area contributed by atoms with E-state index >= 15 is 0 Å². The molecule has 132 valence electrons. The first-order valence-electron chi connectivity index (χ1n) is 7.90. The van der Waals surface area contributed by atoms with Gasteiger partial charge in [-0.2, -0.15) is 13.2 Å². The molecule has 0 aromatic heterocycles. The van der Waals surface area contributed by atoms with E-state index in [0.29, 0.717) is 6.42 Å². The molecule has 2 aromatic rings. The van der Waals surface area contributed by atoms with Gasteiger partial charge in [0.25, 0.3) is 0 Å². The van der Waals surface area contributed by atoms with Crippen LogP contribution in [-0.4, -0.2) is 12.0 Å². The highest BCUT2D eigenvalue weighted by molar-refractivity contribution is 9.08. The van der Waals surface area contributed by atoms with Crippen LogP contribution < -0.4 is 0 Å². The molecule has 1 nitrogen and oxygen atoms in total. The van der Waals surface area contributed by atoms with E-state index in [1.54, 1.807) is 0 Å². The van der Waals surface area contributed by atoms with E-state index in [2.05, 4.69) is 28.1 Å². The van der Waals surface area contributed by atoms with Crippen molar-refractivity contribution in [3.05, 3.63) is 70.8 Å². The van der Waals surface area contributed by atoms with Gasteiger partial charge in [-0.05, 0) is 35.1 Å². The number of hydrogen-bond donors (Lipinski definition) is 0. The lowest BCUT2D eigenvalue weighted by atomic mass is 10.0. The van der Waals surface area contributed by atoms with Crippen molar-refractivity contribution in [2.24, 2.45) is 0 Å². The van der Waals surface area contributed by atoms with E-state index in [4.69, 9.17) is 0 Å². The van der Waals surface area contributed by atoms with Gasteiger partial charge in [-0.15, -0.1) is 0 Å². The van der Waals surface area contributed by atoms with Crippen molar-refractivity contribution in [1.82, 2.24) is 0 Å². The zero-order chi connectivity index (χ0) is 18.3. The fourth-order valence-corrected chi connectivity index (χ4v) is 2.67. The number of carbonyl (C=O) groups is 1. The Kier molecular flexibility index (Phi) is 7.00. The van der Waals surface area contributed by atoms with Gasteiger partial charge in [0.15, 0.2) is 0 Å². The Bertz CT molecular complexity index is 716. The molecule has 0 aliphatic heterocycles. The summed E-state index contributed by atoms with van der Waals surface area (Å²) in [7, 11) is 0. The first kappa shape index (κ1) is 19.4. The molecule has 0 heterocycles. The summed E-state index contributed by atoms with van der Waals surface area (Å²) in [5.41, 5.74) is 4.25. The molecule has 2 aromatic carbocycles. The van der Waals surface area contributed by atoms with Crippen molar-refractivity contribution in [3.8, 4) is 0 Å². The van der Waals surface area contributed by atoms with Crippen molar-refractivity contribution < 1.29 is 18.0 Å². The van der Waals surface area contributed by atoms with E-state index in [-0.39, 0.29) is 6.42 Å². The Morgan fingerprint density at radius 1 is 0.880 bits per heavy atom. The molecule has 25 heavy (non-hydrogen) atoms. The summed E-state index contributed by atoms with van der Waals surface area (Å²) in [5, 5.41) is 0.826. The van der Waals surface area contributed by atoms with E-state index in [1.165, 1.54) is 5.56 Å². The van der Waals surface area contributed by atoms with Gasteiger partial charge in [-0.1, -0.05) is 76.6 Å². The summed E-state index contributed by atoms with van der Waals surface area (Å²) in [4.78, 5) is 10.8. The highest BCUT2D eigenvalue weighted by atomic mass is 79.9. The van der Waals surface area contributed by atoms with Crippen LogP contribution in [0.4, 0.5) is 13.2 Å². The molecule has 0 aliphatic carbocycles. The minimum atomic E-state index is -4.72. The number of carbonyl (C=O) groups excluding carboxylic acids is 1. The topological polar surface area (TPSA) is 17.1 Å². The minimum absolute atomic E-state index is 0.202. The lowest BCUT2D eigenvalue weighted by Gasteiger charge is -2.05. The van der Waals surface area contributed by atoms with Crippen LogP contribution in [0.2, 0.25) is 0 Å². The third kappa shape index (κ3) is 6.50. The van der Waals surface area contributed by atoms with Crippen LogP contribution in [0.3, 0.4) is 0 Å². The molecule has 0 atom stereocenters. The van der Waals surface area contributed by atoms with Crippen molar-refractivity contribution in [2.45, 2.75) is 30.8 Å². The molecule has 0 aliphatic rings. The fourth-order valence-electron chi connectivity index (χ4n) is 2.30. The van der Waals surface area contributed by atoms with Gasteiger partial charge >= 0.3 is 6.18 Å². The lowest BCUT2D eigenvalue weighted by Crippen LogP contribution is -2.22. The van der Waals surface area contributed by atoms with Crippen LogP contribution in [0.25, 0.3) is 12.2 Å². The van der Waals surface area contributed by atoms with Crippen molar-refractivity contribution in [2.75, 3.05) is 0 Å². The molecule has 0 unspecified atom stereocenters. The van der Waals surface area contributed by atoms with Gasteiger partial charge in [-0.3, -0.25) is 4.79 Å². The largest absolute Gasteiger partial charge is 0.449 e. The second kappa shape index (κ2) is 8.99. The minimum Gasteiger partial charge on any atom is -0.290 e. The maximum Gasteiger partial charge on any atom is 0.449 e. The Hall–Kier alpha value is -1.88. The van der Waals surface area contributed by atoms with Crippen molar-refractivity contribution >= 4 is 33.9 Å². The SMILES string of the molecule is O=C(CCCc1ccc(C=Cc2ccc(CBr)cc2)cc1)C(F)(F)F. The molecule has 0 saturated heterocycles. The second-order valence-electron chi connectivity index (χ2n) is 5.72. The Labute approximate surface area is 153 Å². The molecule has 5 heteroatoms. The summed E-state index contributed by atoms with van der Waals surface area (Å²) in [6.07, 6.45) is -0.528. The molecule has 0 saturated carbocycles. The van der Waals surface area contributed by atoms with Gasteiger partial charge in [-0.25, -0.2) is 0 Å². The van der Waals surface area contributed by atoms with Crippen LogP contribution in [0.1, 0.15) is 35.1 Å². The molecule has 0 bridgehead atoms. The maximum atomic E-state index is 12.1. The predicted octanol–water partition coefficient (Wildman–Crippen LogP) is 6.21. The third-order valence-corrected chi connectivity index (χ3v) is 4.41. The van der Waals surface area contributed by atoms with E-state index in [0.717, 1.165) is 22.0 Å². The number of ketones is 1. The van der Waals surface area contributed by atoms with Crippen LogP contribution >= 0.6 is 15.9 Å². The second-order valence-corrected chi connectivity index (χ2v) is 6.29. The molecule has 0 N–H and O–H groups in total. The zero-order valence-corrected chi connectivity index (χ0v) is 15.1. The molecule has 0 spiro atoms. The number of aryl methyl sites for hydroxylation is 1. The first-order chi connectivity index (χ1) is 11.9. The summed E-state index contributed by atoms with van der Waals surface area (Å²) in [6.45, 7) is 0. The maximum absolute atomic E-state index is 12.1. The molecular formula is C20H18BrF3O. The average Bonchev–Trinajstić information content (AvgIpc) is 2.60. The number of Topliss-reactive ketones (excluding diaryl/α,β-unsaturated/α-hetero) is 1. The summed E-state index contributed by atoms with van der Waals surface area (Å²) >= 11 is 3.41. The quantitative estimate of drug-likeness (QED) is 0.391. The van der Waals surface area contributed by atoms with Gasteiger partial charge < -0.3 is 0 Å². The van der Waals surface area contributed by atoms with E-state index < -0.39 is 18.4 Å². The number of hydrogen-bond acceptors (Lipinski definition) is 1. The summed E-state index contributed by atoms with van der Waals surface area (Å²) < 4.78 is 36.4.